The molecule has 1 aliphatic heterocycles. The van der Waals surface area contributed by atoms with Gasteiger partial charge in [0.2, 0.25) is 5.90 Å². The third kappa shape index (κ3) is 3.92. The van der Waals surface area contributed by atoms with Crippen molar-refractivity contribution < 1.29 is 22.1 Å². The number of carbonyl (C=O) groups excluding carboxylic acids is 1. The van der Waals surface area contributed by atoms with Crippen LogP contribution >= 0.6 is 0 Å². The molecule has 6 nitrogen and oxygen atoms in total. The van der Waals surface area contributed by atoms with Crippen LogP contribution in [0.2, 0.25) is 0 Å². The Morgan fingerprint density at radius 3 is 2.63 bits per heavy atom. The number of ether oxygens (including phenoxy) is 1. The van der Waals surface area contributed by atoms with Crippen LogP contribution in [0, 0.1) is 0 Å². The molecule has 0 spiro atoms. The highest BCUT2D eigenvalue weighted by atomic mass is 32.2. The predicted octanol–water partition coefficient (Wildman–Crippen LogP) is 1.00. The maximum atomic E-state index is 11.4. The number of hydrogen-bond donors (Lipinski definition) is 0. The monoisotopic (exact) mass is 281 g/mol. The van der Waals surface area contributed by atoms with Gasteiger partial charge in [0.1, 0.15) is 6.26 Å². The third-order valence-corrected chi connectivity index (χ3v) is 2.64. The molecule has 0 radical (unpaired) electrons. The van der Waals surface area contributed by atoms with Crippen molar-refractivity contribution >= 4 is 22.0 Å². The van der Waals surface area contributed by atoms with Gasteiger partial charge in [0.25, 0.3) is 0 Å². The van der Waals surface area contributed by atoms with Gasteiger partial charge >= 0.3 is 16.1 Å². The predicted molar refractivity (Wildman–Crippen MR) is 67.7 cm³/mol. The van der Waals surface area contributed by atoms with Crippen molar-refractivity contribution in [2.75, 3.05) is 6.26 Å². The van der Waals surface area contributed by atoms with E-state index in [0.717, 1.165) is 18.1 Å². The average Bonchev–Trinajstić information content (AvgIpc) is 2.67. The lowest BCUT2D eigenvalue weighted by Crippen LogP contribution is -2.07. The lowest BCUT2D eigenvalue weighted by Gasteiger charge is -1.98. The van der Waals surface area contributed by atoms with Gasteiger partial charge < -0.3 is 8.92 Å². The van der Waals surface area contributed by atoms with E-state index in [2.05, 4.69) is 9.18 Å². The van der Waals surface area contributed by atoms with E-state index in [1.54, 1.807) is 0 Å². The van der Waals surface area contributed by atoms with Crippen LogP contribution in [-0.2, 0) is 30.3 Å². The standard InChI is InChI=1S/C12H11NO5S/c1-19(15,16)17-8-10-12(14)18-11(13-10)7-9-5-3-2-4-6-9/h2-6,8H,7H2,1H3/b10-8-. The number of hydrogen-bond acceptors (Lipinski definition) is 6. The molecule has 1 heterocycles. The fourth-order valence-electron chi connectivity index (χ4n) is 1.42. The lowest BCUT2D eigenvalue weighted by atomic mass is 10.1. The number of esters is 1. The summed E-state index contributed by atoms with van der Waals surface area (Å²) in [5.74, 6) is -0.519. The Morgan fingerprint density at radius 2 is 2.00 bits per heavy atom. The largest absolute Gasteiger partial charge is 0.406 e. The summed E-state index contributed by atoms with van der Waals surface area (Å²) in [4.78, 5) is 15.3. The van der Waals surface area contributed by atoms with Gasteiger partial charge in [0, 0.05) is 6.42 Å². The van der Waals surface area contributed by atoms with Gasteiger partial charge in [-0.3, -0.25) is 0 Å². The molecule has 0 N–H and O–H groups in total. The van der Waals surface area contributed by atoms with Crippen molar-refractivity contribution in [1.29, 1.82) is 0 Å². The number of aliphatic imine (C=N–C) groups is 1. The summed E-state index contributed by atoms with van der Waals surface area (Å²) in [6, 6.07) is 9.32. The molecule has 0 aromatic heterocycles. The molecule has 7 heteroatoms. The molecule has 0 aliphatic carbocycles. The first-order chi connectivity index (χ1) is 8.94. The molecule has 0 fully saturated rings. The molecule has 0 saturated carbocycles. The Labute approximate surface area is 110 Å². The average molecular weight is 281 g/mol. The Hall–Kier alpha value is -2.15. The number of benzene rings is 1. The fourth-order valence-corrected chi connectivity index (χ4v) is 1.68. The minimum atomic E-state index is -3.66. The summed E-state index contributed by atoms with van der Waals surface area (Å²) in [5, 5.41) is 0. The molecule has 1 aliphatic rings. The van der Waals surface area contributed by atoms with Crippen LogP contribution in [0.4, 0.5) is 0 Å². The zero-order chi connectivity index (χ0) is 13.9. The van der Waals surface area contributed by atoms with Crippen molar-refractivity contribution in [2.24, 2.45) is 4.99 Å². The summed E-state index contributed by atoms with van der Waals surface area (Å²) in [5.41, 5.74) is 0.760. The Morgan fingerprint density at radius 1 is 1.32 bits per heavy atom. The SMILES string of the molecule is CS(=O)(=O)O/C=C1\N=C(Cc2ccccc2)OC1=O. The minimum absolute atomic E-state index is 0.170. The van der Waals surface area contributed by atoms with Crippen LogP contribution in [-0.4, -0.2) is 26.5 Å². The van der Waals surface area contributed by atoms with Gasteiger partial charge in [-0.1, -0.05) is 30.3 Å². The molecular formula is C12H11NO5S. The molecule has 100 valence electrons. The number of carbonyl (C=O) groups is 1. The zero-order valence-electron chi connectivity index (χ0n) is 10.1. The van der Waals surface area contributed by atoms with Gasteiger partial charge in [0.15, 0.2) is 5.70 Å². The van der Waals surface area contributed by atoms with Crippen LogP contribution < -0.4 is 0 Å². The van der Waals surface area contributed by atoms with Crippen molar-refractivity contribution in [3.05, 3.63) is 47.9 Å². The lowest BCUT2D eigenvalue weighted by molar-refractivity contribution is -0.130. The number of rotatable bonds is 4. The van der Waals surface area contributed by atoms with Crippen LogP contribution in [0.25, 0.3) is 0 Å². The van der Waals surface area contributed by atoms with Crippen molar-refractivity contribution in [1.82, 2.24) is 0 Å². The van der Waals surface area contributed by atoms with Gasteiger partial charge in [-0.05, 0) is 5.56 Å². The minimum Gasteiger partial charge on any atom is -0.406 e. The van der Waals surface area contributed by atoms with Gasteiger partial charge in [-0.25, -0.2) is 9.79 Å². The van der Waals surface area contributed by atoms with E-state index in [1.165, 1.54) is 0 Å². The van der Waals surface area contributed by atoms with Gasteiger partial charge in [-0.15, -0.1) is 0 Å². The zero-order valence-corrected chi connectivity index (χ0v) is 10.9. The topological polar surface area (TPSA) is 82.0 Å². The molecule has 0 unspecified atom stereocenters. The Bertz CT molecular complexity index is 646. The molecule has 2 rings (SSSR count). The number of nitrogens with zero attached hydrogens (tertiary/aromatic N) is 1. The van der Waals surface area contributed by atoms with Gasteiger partial charge in [0.05, 0.1) is 6.26 Å². The van der Waals surface area contributed by atoms with Crippen LogP contribution in [0.5, 0.6) is 0 Å². The second-order valence-electron chi connectivity index (χ2n) is 3.86. The summed E-state index contributed by atoms with van der Waals surface area (Å²) >= 11 is 0. The van der Waals surface area contributed by atoms with Crippen molar-refractivity contribution in [2.45, 2.75) is 6.42 Å². The van der Waals surface area contributed by atoms with Crippen molar-refractivity contribution in [3.8, 4) is 0 Å². The maximum absolute atomic E-state index is 11.4. The van der Waals surface area contributed by atoms with E-state index in [1.807, 2.05) is 30.3 Å². The second-order valence-corrected chi connectivity index (χ2v) is 5.46. The smallest absolute Gasteiger partial charge is 0.366 e. The number of cyclic esters (lactones) is 1. The first-order valence-electron chi connectivity index (χ1n) is 5.36. The normalized spacial score (nSPS) is 17.2. The summed E-state index contributed by atoms with van der Waals surface area (Å²) < 4.78 is 30.9. The molecule has 0 saturated heterocycles. The quantitative estimate of drug-likeness (QED) is 0.356. The molecular weight excluding hydrogens is 270 g/mol. The Kier molecular flexibility index (Phi) is 3.66. The maximum Gasteiger partial charge on any atom is 0.366 e. The Balaban J connectivity index is 2.11. The molecule has 1 aromatic carbocycles. The first kappa shape index (κ1) is 13.3. The van der Waals surface area contributed by atoms with Crippen LogP contribution in [0.15, 0.2) is 47.3 Å². The molecule has 19 heavy (non-hydrogen) atoms. The van der Waals surface area contributed by atoms with E-state index in [9.17, 15) is 13.2 Å². The highest BCUT2D eigenvalue weighted by Crippen LogP contribution is 2.14. The highest BCUT2D eigenvalue weighted by Gasteiger charge is 2.24. The second kappa shape index (κ2) is 5.23. The fraction of sp³-hybridized carbons (Fsp3) is 0.167. The van der Waals surface area contributed by atoms with Crippen LogP contribution in [0.3, 0.4) is 0 Å². The van der Waals surface area contributed by atoms with E-state index in [4.69, 9.17) is 4.74 Å². The van der Waals surface area contributed by atoms with E-state index >= 15 is 0 Å². The van der Waals surface area contributed by atoms with Crippen LogP contribution in [0.1, 0.15) is 5.56 Å². The molecule has 0 bridgehead atoms. The summed E-state index contributed by atoms with van der Waals surface area (Å²) in [6.07, 6.45) is 2.00. The molecule has 1 aromatic rings. The highest BCUT2D eigenvalue weighted by molar-refractivity contribution is 7.86. The third-order valence-electron chi connectivity index (χ3n) is 2.20. The molecule has 0 atom stereocenters. The summed E-state index contributed by atoms with van der Waals surface area (Å²) in [6.45, 7) is 0. The molecule has 0 amide bonds. The van der Waals surface area contributed by atoms with E-state index in [-0.39, 0.29) is 11.6 Å². The van der Waals surface area contributed by atoms with E-state index < -0.39 is 16.1 Å². The first-order valence-corrected chi connectivity index (χ1v) is 7.18. The van der Waals surface area contributed by atoms with Gasteiger partial charge in [-0.2, -0.15) is 8.42 Å². The van der Waals surface area contributed by atoms with Crippen molar-refractivity contribution in [3.63, 3.8) is 0 Å². The van der Waals surface area contributed by atoms with E-state index in [0.29, 0.717) is 6.42 Å². The summed E-state index contributed by atoms with van der Waals surface area (Å²) in [7, 11) is -3.66.